The van der Waals surface area contributed by atoms with Crippen molar-refractivity contribution in [3.05, 3.63) is 46.5 Å². The van der Waals surface area contributed by atoms with Crippen molar-refractivity contribution < 1.29 is 13.2 Å². The number of benzene rings is 1. The number of nitrogens with zero attached hydrogens (tertiary/aromatic N) is 1. The molecule has 104 valence electrons. The van der Waals surface area contributed by atoms with E-state index < -0.39 is 11.7 Å². The Labute approximate surface area is 115 Å². The smallest absolute Gasteiger partial charge is 0.293 e. The Bertz CT molecular complexity index is 465. The lowest BCUT2D eigenvalue weighted by Gasteiger charge is -2.32. The average Bonchev–Trinajstić information content (AvgIpc) is 2.38. The molecule has 5 heteroatoms. The molecule has 1 aromatic rings. The van der Waals surface area contributed by atoms with Crippen LogP contribution in [0.3, 0.4) is 0 Å². The van der Waals surface area contributed by atoms with Gasteiger partial charge < -0.3 is 0 Å². The van der Waals surface area contributed by atoms with Crippen LogP contribution in [0.25, 0.3) is 0 Å². The molecule has 0 amide bonds. The quantitative estimate of drug-likeness (QED) is 0.720. The first-order valence-corrected chi connectivity index (χ1v) is 6.51. The maximum Gasteiger partial charge on any atom is 0.412 e. The van der Waals surface area contributed by atoms with Crippen LogP contribution < -0.4 is 0 Å². The summed E-state index contributed by atoms with van der Waals surface area (Å²) in [6, 6.07) is 7.51. The molecule has 1 aliphatic heterocycles. The van der Waals surface area contributed by atoms with Gasteiger partial charge in [0.25, 0.3) is 0 Å². The van der Waals surface area contributed by atoms with Gasteiger partial charge in [-0.1, -0.05) is 29.8 Å². The summed E-state index contributed by atoms with van der Waals surface area (Å²) in [5, 5.41) is 0.661. The van der Waals surface area contributed by atoms with Crippen LogP contribution in [-0.4, -0.2) is 24.2 Å². The van der Waals surface area contributed by atoms with E-state index in [9.17, 15) is 13.2 Å². The summed E-state index contributed by atoms with van der Waals surface area (Å²) >= 11 is 5.82. The summed E-state index contributed by atoms with van der Waals surface area (Å²) in [6.45, 7) is 2.75. The van der Waals surface area contributed by atoms with E-state index in [1.54, 1.807) is 12.1 Å². The molecule has 0 aliphatic carbocycles. The van der Waals surface area contributed by atoms with E-state index in [4.69, 9.17) is 11.6 Å². The lowest BCUT2D eigenvalue weighted by atomic mass is 10.0. The molecule has 0 unspecified atom stereocenters. The summed E-state index contributed by atoms with van der Waals surface area (Å²) < 4.78 is 37.6. The fourth-order valence-corrected chi connectivity index (χ4v) is 2.37. The van der Waals surface area contributed by atoms with Crippen LogP contribution >= 0.6 is 11.6 Å². The van der Waals surface area contributed by atoms with Gasteiger partial charge in [0.15, 0.2) is 0 Å². The molecule has 0 radical (unpaired) electrons. The molecule has 0 bridgehead atoms. The summed E-state index contributed by atoms with van der Waals surface area (Å²) in [5.41, 5.74) is 0.653. The third-order valence-corrected chi connectivity index (χ3v) is 3.76. The van der Waals surface area contributed by atoms with Crippen molar-refractivity contribution in [2.24, 2.45) is 0 Å². The topological polar surface area (TPSA) is 3.24 Å². The van der Waals surface area contributed by atoms with Crippen molar-refractivity contribution in [1.82, 2.24) is 4.90 Å². The van der Waals surface area contributed by atoms with Gasteiger partial charge in [0.1, 0.15) is 0 Å². The molecule has 1 aromatic carbocycles. The Morgan fingerprint density at radius 1 is 1.21 bits per heavy atom. The number of rotatable bonds is 2. The molecule has 0 fully saturated rings. The highest BCUT2D eigenvalue weighted by Gasteiger charge is 2.35. The molecule has 19 heavy (non-hydrogen) atoms. The van der Waals surface area contributed by atoms with Crippen LogP contribution in [0.1, 0.15) is 24.9 Å². The average molecular weight is 290 g/mol. The zero-order valence-corrected chi connectivity index (χ0v) is 11.3. The summed E-state index contributed by atoms with van der Waals surface area (Å²) in [6.07, 6.45) is -2.84. The maximum atomic E-state index is 12.5. The summed E-state index contributed by atoms with van der Waals surface area (Å²) in [5.74, 6) is 0. The lowest BCUT2D eigenvalue weighted by molar-refractivity contribution is -0.0963. The first-order chi connectivity index (χ1) is 8.88. The van der Waals surface area contributed by atoms with E-state index in [1.807, 2.05) is 24.0 Å². The Balaban J connectivity index is 2.05. The third kappa shape index (κ3) is 3.51. The fourth-order valence-electron chi connectivity index (χ4n) is 2.25. The van der Waals surface area contributed by atoms with E-state index in [2.05, 4.69) is 0 Å². The van der Waals surface area contributed by atoms with E-state index >= 15 is 0 Å². The molecule has 1 heterocycles. The molecule has 0 saturated carbocycles. The Morgan fingerprint density at radius 3 is 2.32 bits per heavy atom. The molecule has 0 spiro atoms. The minimum absolute atomic E-state index is 0.0570. The van der Waals surface area contributed by atoms with Gasteiger partial charge in [0.05, 0.1) is 0 Å². The lowest BCUT2D eigenvalue weighted by Crippen LogP contribution is -2.33. The Hall–Kier alpha value is -1.00. The SMILES string of the molecule is C[C@@H](c1ccc(Cl)cc1)N1CC=C(C(F)(F)F)CC1. The zero-order chi connectivity index (χ0) is 14.0. The van der Waals surface area contributed by atoms with Gasteiger partial charge in [-0.25, -0.2) is 0 Å². The van der Waals surface area contributed by atoms with Crippen molar-refractivity contribution >= 4 is 11.6 Å². The number of alkyl halides is 3. The normalized spacial score (nSPS) is 19.1. The fraction of sp³-hybridized carbons (Fsp3) is 0.429. The first kappa shape index (κ1) is 14.4. The van der Waals surface area contributed by atoms with Gasteiger partial charge in [-0.15, -0.1) is 0 Å². The van der Waals surface area contributed by atoms with Crippen LogP contribution in [-0.2, 0) is 0 Å². The zero-order valence-electron chi connectivity index (χ0n) is 10.5. The molecule has 0 aromatic heterocycles. The van der Waals surface area contributed by atoms with Gasteiger partial charge in [-0.05, 0) is 31.0 Å². The molecular formula is C14H15ClF3N. The maximum absolute atomic E-state index is 12.5. The molecule has 0 saturated heterocycles. The molecular weight excluding hydrogens is 275 g/mol. The Morgan fingerprint density at radius 2 is 1.84 bits per heavy atom. The van der Waals surface area contributed by atoms with Gasteiger partial charge in [-0.2, -0.15) is 13.2 Å². The predicted octanol–water partition coefficient (Wildman–Crippen LogP) is 4.60. The highest BCUT2D eigenvalue weighted by molar-refractivity contribution is 6.30. The highest BCUT2D eigenvalue weighted by atomic mass is 35.5. The number of hydrogen-bond donors (Lipinski definition) is 0. The first-order valence-electron chi connectivity index (χ1n) is 6.13. The molecule has 0 N–H and O–H groups in total. The second-order valence-corrected chi connectivity index (χ2v) is 5.14. The molecule has 1 nitrogen and oxygen atoms in total. The highest BCUT2D eigenvalue weighted by Crippen LogP contribution is 2.32. The van der Waals surface area contributed by atoms with Crippen LogP contribution in [0.2, 0.25) is 5.02 Å². The van der Waals surface area contributed by atoms with E-state index in [0.717, 1.165) is 5.56 Å². The van der Waals surface area contributed by atoms with Gasteiger partial charge in [0.2, 0.25) is 0 Å². The monoisotopic (exact) mass is 289 g/mol. The van der Waals surface area contributed by atoms with E-state index in [-0.39, 0.29) is 12.5 Å². The van der Waals surface area contributed by atoms with Gasteiger partial charge in [-0.3, -0.25) is 4.90 Å². The van der Waals surface area contributed by atoms with Crippen LogP contribution in [0.5, 0.6) is 0 Å². The standard InChI is InChI=1S/C14H15ClF3N/c1-10(11-2-4-13(15)5-3-11)19-8-6-12(7-9-19)14(16,17)18/h2-6,10H,7-9H2,1H3/t10-/m0/s1. The minimum atomic E-state index is -4.18. The van der Waals surface area contributed by atoms with Crippen molar-refractivity contribution in [1.29, 1.82) is 0 Å². The summed E-state index contributed by atoms with van der Waals surface area (Å²) in [4.78, 5) is 2.03. The number of hydrogen-bond acceptors (Lipinski definition) is 1. The third-order valence-electron chi connectivity index (χ3n) is 3.50. The van der Waals surface area contributed by atoms with Crippen molar-refractivity contribution in [2.45, 2.75) is 25.6 Å². The van der Waals surface area contributed by atoms with Crippen molar-refractivity contribution in [3.8, 4) is 0 Å². The molecule has 1 atom stereocenters. The van der Waals surface area contributed by atoms with Crippen LogP contribution in [0.15, 0.2) is 35.9 Å². The van der Waals surface area contributed by atoms with Gasteiger partial charge in [0, 0.05) is 29.7 Å². The molecule has 1 aliphatic rings. The van der Waals surface area contributed by atoms with Crippen molar-refractivity contribution in [3.63, 3.8) is 0 Å². The van der Waals surface area contributed by atoms with E-state index in [1.165, 1.54) is 6.08 Å². The van der Waals surface area contributed by atoms with E-state index in [0.29, 0.717) is 18.1 Å². The van der Waals surface area contributed by atoms with Crippen LogP contribution in [0.4, 0.5) is 13.2 Å². The largest absolute Gasteiger partial charge is 0.412 e. The Kier molecular flexibility index (Phi) is 4.21. The second-order valence-electron chi connectivity index (χ2n) is 4.70. The predicted molar refractivity (Wildman–Crippen MR) is 70.2 cm³/mol. The number of halogens is 4. The van der Waals surface area contributed by atoms with Gasteiger partial charge >= 0.3 is 6.18 Å². The second kappa shape index (κ2) is 5.55. The van der Waals surface area contributed by atoms with Crippen molar-refractivity contribution in [2.75, 3.05) is 13.1 Å². The van der Waals surface area contributed by atoms with Crippen LogP contribution in [0, 0.1) is 0 Å². The molecule has 2 rings (SSSR count). The summed E-state index contributed by atoms with van der Waals surface area (Å²) in [7, 11) is 0. The minimum Gasteiger partial charge on any atom is -0.293 e.